The first-order chi connectivity index (χ1) is 19.0. The minimum absolute atomic E-state index is 0.136. The van der Waals surface area contributed by atoms with Gasteiger partial charge in [-0.05, 0) is 55.2 Å². The van der Waals surface area contributed by atoms with Crippen molar-refractivity contribution in [2.45, 2.75) is 43.8 Å². The summed E-state index contributed by atoms with van der Waals surface area (Å²) in [5.74, 6) is -2.46. The fraction of sp³-hybridized carbons (Fsp3) is 0.357. The van der Waals surface area contributed by atoms with Crippen LogP contribution in [-0.4, -0.2) is 61.1 Å². The standard InChI is InChI=1S/C28H32ClF2N5O3S/c1-17-13-33-14-22(36(17)40(2,38)39)10-11-23-24(31)15-34-16-25(23)35-28(37)27(32)26(18-6-8-20(29)9-7-18)19-4-3-5-21(30)12-19/h3-9,12,15-17,22,26-27,33H,10-11,13-14,32H2,1-2H3,(H,35,37)/t17-,22-,26-,27-/m0/s1. The number of benzene rings is 2. The number of pyridine rings is 1. The third-order valence-corrected chi connectivity index (χ3v) is 8.76. The van der Waals surface area contributed by atoms with Crippen LogP contribution in [0.1, 0.15) is 36.0 Å². The minimum Gasteiger partial charge on any atom is -0.323 e. The molecule has 12 heteroatoms. The number of anilines is 1. The first-order valence-corrected chi connectivity index (χ1v) is 15.1. The quantitative estimate of drug-likeness (QED) is 0.350. The third-order valence-electron chi connectivity index (χ3n) is 7.09. The van der Waals surface area contributed by atoms with Crippen LogP contribution in [0.15, 0.2) is 60.9 Å². The van der Waals surface area contributed by atoms with Crippen LogP contribution in [0, 0.1) is 11.6 Å². The van der Waals surface area contributed by atoms with Gasteiger partial charge in [-0.3, -0.25) is 9.78 Å². The van der Waals surface area contributed by atoms with E-state index in [4.69, 9.17) is 17.3 Å². The summed E-state index contributed by atoms with van der Waals surface area (Å²) in [6, 6.07) is 10.8. The number of nitrogens with two attached hydrogens (primary N) is 1. The lowest BCUT2D eigenvalue weighted by molar-refractivity contribution is -0.117. The van der Waals surface area contributed by atoms with Gasteiger partial charge >= 0.3 is 0 Å². The molecule has 4 rings (SSSR count). The van der Waals surface area contributed by atoms with Crippen LogP contribution in [0.5, 0.6) is 0 Å². The van der Waals surface area contributed by atoms with Crippen LogP contribution in [0.25, 0.3) is 0 Å². The average molecular weight is 592 g/mol. The molecule has 0 saturated carbocycles. The van der Waals surface area contributed by atoms with Gasteiger partial charge < -0.3 is 16.4 Å². The number of halogens is 3. The van der Waals surface area contributed by atoms with Crippen molar-refractivity contribution in [3.05, 3.63) is 94.3 Å². The zero-order valence-corrected chi connectivity index (χ0v) is 23.7. The number of piperazine rings is 1. The minimum atomic E-state index is -3.48. The van der Waals surface area contributed by atoms with Crippen molar-refractivity contribution in [2.24, 2.45) is 5.73 Å². The van der Waals surface area contributed by atoms with Gasteiger partial charge in [0.2, 0.25) is 15.9 Å². The normalized spacial score (nSPS) is 19.6. The largest absolute Gasteiger partial charge is 0.323 e. The Kier molecular flexibility index (Phi) is 9.52. The molecule has 1 saturated heterocycles. The molecule has 8 nitrogen and oxygen atoms in total. The SMILES string of the molecule is C[C@H]1CNC[C@H](CCc2c(F)cncc2NC(=O)[C@@H](N)[C@@H](c2ccc(Cl)cc2)c2cccc(F)c2)N1S(C)(=O)=O. The van der Waals surface area contributed by atoms with Crippen LogP contribution in [0.3, 0.4) is 0 Å². The van der Waals surface area contributed by atoms with E-state index in [0.717, 1.165) is 12.5 Å². The number of carbonyl (C=O) groups is 1. The molecule has 1 aliphatic rings. The Bertz CT molecular complexity index is 1460. The summed E-state index contributed by atoms with van der Waals surface area (Å²) in [4.78, 5) is 17.3. The fourth-order valence-electron chi connectivity index (χ4n) is 5.30. The number of hydrogen-bond donors (Lipinski definition) is 3. The first-order valence-electron chi connectivity index (χ1n) is 12.8. The summed E-state index contributed by atoms with van der Waals surface area (Å²) in [5.41, 5.74) is 7.92. The van der Waals surface area contributed by atoms with E-state index in [9.17, 15) is 22.0 Å². The molecule has 3 aromatic rings. The van der Waals surface area contributed by atoms with Gasteiger partial charge in [0.1, 0.15) is 11.6 Å². The van der Waals surface area contributed by atoms with Crippen molar-refractivity contribution < 1.29 is 22.0 Å². The van der Waals surface area contributed by atoms with Gasteiger partial charge in [0, 0.05) is 41.7 Å². The van der Waals surface area contributed by atoms with Crippen molar-refractivity contribution in [1.82, 2.24) is 14.6 Å². The van der Waals surface area contributed by atoms with Gasteiger partial charge in [0.15, 0.2) is 0 Å². The van der Waals surface area contributed by atoms with E-state index < -0.39 is 39.5 Å². The zero-order chi connectivity index (χ0) is 29.0. The molecule has 0 radical (unpaired) electrons. The summed E-state index contributed by atoms with van der Waals surface area (Å²) >= 11 is 6.04. The van der Waals surface area contributed by atoms with Crippen LogP contribution in [0.4, 0.5) is 14.5 Å². The van der Waals surface area contributed by atoms with Crippen molar-refractivity contribution >= 4 is 33.2 Å². The summed E-state index contributed by atoms with van der Waals surface area (Å²) < 4.78 is 55.4. The van der Waals surface area contributed by atoms with Crippen LogP contribution < -0.4 is 16.4 Å². The summed E-state index contributed by atoms with van der Waals surface area (Å²) in [6.45, 7) is 2.76. The summed E-state index contributed by atoms with van der Waals surface area (Å²) in [6.07, 6.45) is 4.01. The molecule has 1 amide bonds. The van der Waals surface area contributed by atoms with E-state index in [2.05, 4.69) is 15.6 Å². The molecule has 1 aliphatic heterocycles. The second kappa shape index (κ2) is 12.7. The number of nitrogens with zero attached hydrogens (tertiary/aromatic N) is 2. The Labute approximate surface area is 238 Å². The average Bonchev–Trinajstić information content (AvgIpc) is 2.89. The number of sulfonamides is 1. The molecule has 2 aromatic carbocycles. The highest BCUT2D eigenvalue weighted by atomic mass is 35.5. The van der Waals surface area contributed by atoms with E-state index in [1.165, 1.54) is 28.7 Å². The maximum atomic E-state index is 15.0. The number of nitrogens with one attached hydrogen (secondary N) is 2. The zero-order valence-electron chi connectivity index (χ0n) is 22.1. The molecule has 1 aromatic heterocycles. The Hall–Kier alpha value is -2.96. The van der Waals surface area contributed by atoms with Crippen LogP contribution >= 0.6 is 11.6 Å². The molecule has 0 aliphatic carbocycles. The lowest BCUT2D eigenvalue weighted by Gasteiger charge is -2.39. The van der Waals surface area contributed by atoms with Crippen molar-refractivity contribution in [3.8, 4) is 0 Å². The van der Waals surface area contributed by atoms with Crippen molar-refractivity contribution in [3.63, 3.8) is 0 Å². The van der Waals surface area contributed by atoms with Gasteiger partial charge in [-0.2, -0.15) is 4.31 Å². The number of carbonyl (C=O) groups excluding carboxylic acids is 1. The Balaban J connectivity index is 1.58. The summed E-state index contributed by atoms with van der Waals surface area (Å²) in [7, 11) is -3.48. The molecule has 4 atom stereocenters. The van der Waals surface area contributed by atoms with Crippen molar-refractivity contribution in [2.75, 3.05) is 24.7 Å². The Morgan fingerprint density at radius 3 is 2.58 bits per heavy atom. The molecule has 4 N–H and O–H groups in total. The molecule has 214 valence electrons. The lowest BCUT2D eigenvalue weighted by atomic mass is 9.85. The predicted molar refractivity (Wildman–Crippen MR) is 152 cm³/mol. The van der Waals surface area contributed by atoms with E-state index in [1.54, 1.807) is 30.3 Å². The monoisotopic (exact) mass is 591 g/mol. The van der Waals surface area contributed by atoms with E-state index in [-0.39, 0.29) is 29.8 Å². The van der Waals surface area contributed by atoms with Gasteiger partial charge in [-0.25, -0.2) is 17.2 Å². The Morgan fingerprint density at radius 1 is 1.18 bits per heavy atom. The molecule has 0 spiro atoms. The molecule has 2 heterocycles. The summed E-state index contributed by atoms with van der Waals surface area (Å²) in [5, 5.41) is 6.41. The second-order valence-corrected chi connectivity index (χ2v) is 12.4. The van der Waals surface area contributed by atoms with Gasteiger partial charge in [-0.1, -0.05) is 35.9 Å². The predicted octanol–water partition coefficient (Wildman–Crippen LogP) is 3.67. The highest BCUT2D eigenvalue weighted by molar-refractivity contribution is 7.88. The van der Waals surface area contributed by atoms with Crippen LogP contribution in [0.2, 0.25) is 5.02 Å². The van der Waals surface area contributed by atoms with E-state index in [1.807, 2.05) is 6.92 Å². The maximum Gasteiger partial charge on any atom is 0.242 e. The molecule has 40 heavy (non-hydrogen) atoms. The molecule has 1 fully saturated rings. The van der Waals surface area contributed by atoms with Gasteiger partial charge in [0.05, 0.1) is 30.4 Å². The highest BCUT2D eigenvalue weighted by Crippen LogP contribution is 2.30. The highest BCUT2D eigenvalue weighted by Gasteiger charge is 2.34. The van der Waals surface area contributed by atoms with Gasteiger partial charge in [-0.15, -0.1) is 0 Å². The molecular formula is C28H32ClF2N5O3S. The third kappa shape index (κ3) is 7.02. The molecule has 0 bridgehead atoms. The first kappa shape index (κ1) is 30.0. The second-order valence-electron chi connectivity index (χ2n) is 10.0. The number of aromatic nitrogens is 1. The number of rotatable bonds is 9. The van der Waals surface area contributed by atoms with Crippen LogP contribution in [-0.2, 0) is 21.2 Å². The van der Waals surface area contributed by atoms with E-state index >= 15 is 0 Å². The lowest BCUT2D eigenvalue weighted by Crippen LogP contribution is -2.58. The maximum absolute atomic E-state index is 15.0. The molecule has 0 unspecified atom stereocenters. The number of hydrogen-bond acceptors (Lipinski definition) is 6. The topological polar surface area (TPSA) is 117 Å². The van der Waals surface area contributed by atoms with Crippen molar-refractivity contribution in [1.29, 1.82) is 0 Å². The number of amides is 1. The van der Waals surface area contributed by atoms with E-state index in [0.29, 0.717) is 35.7 Å². The fourth-order valence-corrected chi connectivity index (χ4v) is 6.88. The van der Waals surface area contributed by atoms with Gasteiger partial charge in [0.25, 0.3) is 0 Å². The molecular weight excluding hydrogens is 560 g/mol. The smallest absolute Gasteiger partial charge is 0.242 e. The Morgan fingerprint density at radius 2 is 1.90 bits per heavy atom.